The third-order valence-corrected chi connectivity index (χ3v) is 4.50. The minimum atomic E-state index is -0.895. The Morgan fingerprint density at radius 3 is 2.19 bits per heavy atom. The highest BCUT2D eigenvalue weighted by atomic mass is 16.4. The van der Waals surface area contributed by atoms with Gasteiger partial charge in [0.25, 0.3) is 0 Å². The van der Waals surface area contributed by atoms with E-state index >= 15 is 0 Å². The van der Waals surface area contributed by atoms with E-state index in [1.165, 1.54) is 4.90 Å². The van der Waals surface area contributed by atoms with E-state index in [0.29, 0.717) is 12.8 Å². The summed E-state index contributed by atoms with van der Waals surface area (Å²) < 4.78 is 0. The second-order valence-corrected chi connectivity index (χ2v) is 6.49. The summed E-state index contributed by atoms with van der Waals surface area (Å²) in [5.74, 6) is -0.895. The van der Waals surface area contributed by atoms with Crippen molar-refractivity contribution in [1.29, 1.82) is 0 Å². The minimum absolute atomic E-state index is 0.0242. The van der Waals surface area contributed by atoms with Gasteiger partial charge in [0, 0.05) is 19.5 Å². The average Bonchev–Trinajstić information content (AvgIpc) is 2.68. The normalized spacial score (nSPS) is 12.8. The highest BCUT2D eigenvalue weighted by Crippen LogP contribution is 2.19. The summed E-state index contributed by atoms with van der Waals surface area (Å²) in [5, 5.41) is 21.7. The highest BCUT2D eigenvalue weighted by molar-refractivity contribution is 5.75. The molecule has 2 rings (SSSR count). The monoisotopic (exact) mass is 370 g/mol. The quantitative estimate of drug-likeness (QED) is 0.633. The van der Waals surface area contributed by atoms with E-state index in [1.807, 2.05) is 60.7 Å². The molecule has 0 saturated carbocycles. The lowest BCUT2D eigenvalue weighted by molar-refractivity contribution is -0.137. The first-order valence-corrected chi connectivity index (χ1v) is 8.96. The first-order chi connectivity index (χ1) is 13.0. The molecule has 2 aromatic carbocycles. The zero-order valence-electron chi connectivity index (χ0n) is 15.4. The fourth-order valence-corrected chi connectivity index (χ4v) is 2.97. The highest BCUT2D eigenvalue weighted by Gasteiger charge is 2.23. The summed E-state index contributed by atoms with van der Waals surface area (Å²) >= 11 is 0. The molecule has 3 N–H and O–H groups in total. The zero-order valence-corrected chi connectivity index (χ0v) is 15.4. The number of urea groups is 1. The van der Waals surface area contributed by atoms with E-state index in [2.05, 4.69) is 5.32 Å². The van der Waals surface area contributed by atoms with Gasteiger partial charge in [-0.1, -0.05) is 60.7 Å². The van der Waals surface area contributed by atoms with Gasteiger partial charge >= 0.3 is 12.0 Å². The Labute approximate surface area is 159 Å². The van der Waals surface area contributed by atoms with Gasteiger partial charge in [0.2, 0.25) is 0 Å². The molecule has 0 bridgehead atoms. The Bertz CT molecular complexity index is 721. The van der Waals surface area contributed by atoms with Crippen molar-refractivity contribution in [2.75, 3.05) is 13.7 Å². The third-order valence-electron chi connectivity index (χ3n) is 4.50. The number of aliphatic hydroxyl groups is 1. The molecule has 0 saturated heterocycles. The molecule has 0 aliphatic heterocycles. The number of hydrogen-bond donors (Lipinski definition) is 3. The summed E-state index contributed by atoms with van der Waals surface area (Å²) in [6.07, 6.45) is 0.853. The molecule has 0 aliphatic rings. The van der Waals surface area contributed by atoms with Gasteiger partial charge < -0.3 is 20.4 Å². The summed E-state index contributed by atoms with van der Waals surface area (Å²) in [4.78, 5) is 25.1. The maximum atomic E-state index is 12.7. The molecule has 6 heteroatoms. The first-order valence-electron chi connectivity index (χ1n) is 8.96. The first kappa shape index (κ1) is 20.5. The second-order valence-electron chi connectivity index (χ2n) is 6.49. The van der Waals surface area contributed by atoms with Gasteiger partial charge in [-0.25, -0.2) is 4.79 Å². The lowest BCUT2D eigenvalue weighted by Gasteiger charge is -2.29. The van der Waals surface area contributed by atoms with E-state index in [-0.39, 0.29) is 25.1 Å². The van der Waals surface area contributed by atoms with Crippen molar-refractivity contribution < 1.29 is 19.8 Å². The van der Waals surface area contributed by atoms with Crippen LogP contribution in [0.2, 0.25) is 0 Å². The van der Waals surface area contributed by atoms with E-state index in [4.69, 9.17) is 5.11 Å². The predicted molar refractivity (Wildman–Crippen MR) is 103 cm³/mol. The van der Waals surface area contributed by atoms with Crippen LogP contribution in [-0.2, 0) is 11.2 Å². The number of nitrogens with one attached hydrogen (secondary N) is 1. The van der Waals surface area contributed by atoms with Gasteiger partial charge in [-0.2, -0.15) is 0 Å². The molecule has 2 aromatic rings. The topological polar surface area (TPSA) is 89.9 Å². The van der Waals surface area contributed by atoms with Crippen molar-refractivity contribution in [3.63, 3.8) is 0 Å². The number of likely N-dealkylation sites (N-methyl/N-ethyl adjacent to an activating group) is 1. The largest absolute Gasteiger partial charge is 0.481 e. The molecule has 0 fully saturated rings. The molecule has 144 valence electrons. The molecular formula is C21H26N2O4. The molecule has 2 amide bonds. The minimum Gasteiger partial charge on any atom is -0.481 e. The number of aliphatic carboxylic acids is 1. The Morgan fingerprint density at radius 2 is 1.63 bits per heavy atom. The van der Waals surface area contributed by atoms with E-state index in [0.717, 1.165) is 11.1 Å². The molecule has 6 nitrogen and oxygen atoms in total. The second kappa shape index (κ2) is 10.3. The van der Waals surface area contributed by atoms with Crippen LogP contribution >= 0.6 is 0 Å². The zero-order chi connectivity index (χ0) is 19.6. The van der Waals surface area contributed by atoms with Crippen LogP contribution in [0, 0.1) is 0 Å². The lowest BCUT2D eigenvalue weighted by Crippen LogP contribution is -2.46. The number of rotatable bonds is 9. The van der Waals surface area contributed by atoms with Gasteiger partial charge in [0.05, 0.1) is 12.6 Å². The number of nitrogens with zero attached hydrogens (tertiary/aromatic N) is 1. The van der Waals surface area contributed by atoms with E-state index < -0.39 is 12.0 Å². The van der Waals surface area contributed by atoms with Crippen LogP contribution in [0.1, 0.15) is 30.0 Å². The van der Waals surface area contributed by atoms with Crippen molar-refractivity contribution in [3.8, 4) is 0 Å². The Morgan fingerprint density at radius 1 is 1.04 bits per heavy atom. The van der Waals surface area contributed by atoms with Crippen LogP contribution in [0.4, 0.5) is 4.79 Å². The van der Waals surface area contributed by atoms with Crippen LogP contribution in [0.3, 0.4) is 0 Å². The maximum absolute atomic E-state index is 12.7. The average molecular weight is 370 g/mol. The Kier molecular flexibility index (Phi) is 7.82. The molecule has 0 heterocycles. The number of carbonyl (C=O) groups is 2. The van der Waals surface area contributed by atoms with Crippen LogP contribution in [0.25, 0.3) is 0 Å². The van der Waals surface area contributed by atoms with Gasteiger partial charge in [-0.15, -0.1) is 0 Å². The van der Waals surface area contributed by atoms with Gasteiger partial charge in [0.1, 0.15) is 0 Å². The van der Waals surface area contributed by atoms with E-state index in [9.17, 15) is 14.7 Å². The fraction of sp³-hybridized carbons (Fsp3) is 0.333. The lowest BCUT2D eigenvalue weighted by atomic mass is 10.0. The molecule has 0 aliphatic carbocycles. The SMILES string of the molecule is CN(C(=O)NC(CCC(=O)O)Cc1ccccc1)C(CO)c1ccccc1. The number of carbonyl (C=O) groups excluding carboxylic acids is 1. The Balaban J connectivity index is 2.07. The van der Waals surface area contributed by atoms with Crippen molar-refractivity contribution >= 4 is 12.0 Å². The molecule has 2 unspecified atom stereocenters. The van der Waals surface area contributed by atoms with Crippen molar-refractivity contribution in [2.45, 2.75) is 31.3 Å². The molecule has 0 radical (unpaired) electrons. The number of carboxylic acid groups (broad SMARTS) is 1. The fourth-order valence-electron chi connectivity index (χ4n) is 2.97. The maximum Gasteiger partial charge on any atom is 0.317 e. The van der Waals surface area contributed by atoms with Crippen molar-refractivity contribution in [2.24, 2.45) is 0 Å². The summed E-state index contributed by atoms with van der Waals surface area (Å²) in [5.41, 5.74) is 1.86. The number of hydrogen-bond acceptors (Lipinski definition) is 3. The molecular weight excluding hydrogens is 344 g/mol. The van der Waals surface area contributed by atoms with Crippen molar-refractivity contribution in [1.82, 2.24) is 10.2 Å². The van der Waals surface area contributed by atoms with Crippen molar-refractivity contribution in [3.05, 3.63) is 71.8 Å². The van der Waals surface area contributed by atoms with Gasteiger partial charge in [-0.05, 0) is 24.0 Å². The predicted octanol–water partition coefficient (Wildman–Crippen LogP) is 2.84. The van der Waals surface area contributed by atoms with Gasteiger partial charge in [-0.3, -0.25) is 4.79 Å². The smallest absolute Gasteiger partial charge is 0.317 e. The number of benzene rings is 2. The number of amides is 2. The number of carboxylic acids is 1. The van der Waals surface area contributed by atoms with Crippen LogP contribution in [-0.4, -0.2) is 46.8 Å². The standard InChI is InChI=1S/C21H26N2O4/c1-23(19(15-24)17-10-6-3-7-11-17)21(27)22-18(12-13-20(25)26)14-16-8-4-2-5-9-16/h2-11,18-19,24H,12-15H2,1H3,(H,22,27)(H,25,26). The number of aliphatic hydroxyl groups excluding tert-OH is 1. The van der Waals surface area contributed by atoms with Crippen LogP contribution in [0.15, 0.2) is 60.7 Å². The van der Waals surface area contributed by atoms with E-state index in [1.54, 1.807) is 7.05 Å². The van der Waals surface area contributed by atoms with Crippen LogP contribution in [0.5, 0.6) is 0 Å². The molecule has 0 spiro atoms. The third kappa shape index (κ3) is 6.42. The molecule has 27 heavy (non-hydrogen) atoms. The Hall–Kier alpha value is -2.86. The van der Waals surface area contributed by atoms with Gasteiger partial charge in [0.15, 0.2) is 0 Å². The summed E-state index contributed by atoms with van der Waals surface area (Å²) in [6.45, 7) is -0.202. The van der Waals surface area contributed by atoms with Crippen LogP contribution < -0.4 is 5.32 Å². The summed E-state index contributed by atoms with van der Waals surface area (Å²) in [7, 11) is 1.62. The summed E-state index contributed by atoms with van der Waals surface area (Å²) in [6, 6.07) is 17.8. The molecule has 2 atom stereocenters. The molecule has 0 aromatic heterocycles.